The quantitative estimate of drug-likeness (QED) is 0.767. The van der Waals surface area contributed by atoms with E-state index in [9.17, 15) is 4.79 Å². The lowest BCUT2D eigenvalue weighted by Crippen LogP contribution is -2.27. The summed E-state index contributed by atoms with van der Waals surface area (Å²) in [6.07, 6.45) is 1.73. The van der Waals surface area contributed by atoms with E-state index in [4.69, 9.17) is 11.6 Å². The van der Waals surface area contributed by atoms with Gasteiger partial charge in [0.15, 0.2) is 0 Å². The van der Waals surface area contributed by atoms with Gasteiger partial charge in [0.1, 0.15) is 5.65 Å². The van der Waals surface area contributed by atoms with Crippen molar-refractivity contribution in [2.24, 2.45) is 5.92 Å². The van der Waals surface area contributed by atoms with E-state index in [1.54, 1.807) is 16.7 Å². The fourth-order valence-corrected chi connectivity index (χ4v) is 2.94. The number of benzene rings is 1. The molecule has 0 aliphatic rings. The zero-order valence-electron chi connectivity index (χ0n) is 13.7. The normalized spacial score (nSPS) is 12.7. The largest absolute Gasteiger partial charge is 0.304 e. The van der Waals surface area contributed by atoms with Crippen LogP contribution in [0.5, 0.6) is 0 Å². The van der Waals surface area contributed by atoms with Gasteiger partial charge in [-0.1, -0.05) is 43.6 Å². The predicted molar refractivity (Wildman–Crippen MR) is 97.3 cm³/mol. The highest BCUT2D eigenvalue weighted by Gasteiger charge is 2.15. The van der Waals surface area contributed by atoms with Gasteiger partial charge in [-0.15, -0.1) is 0 Å². The summed E-state index contributed by atoms with van der Waals surface area (Å²) in [6.45, 7) is 4.86. The summed E-state index contributed by atoms with van der Waals surface area (Å²) in [4.78, 5) is 16.7. The fourth-order valence-electron chi connectivity index (χ4n) is 2.82. The molecule has 1 atom stereocenters. The van der Waals surface area contributed by atoms with Crippen LogP contribution in [0, 0.1) is 5.92 Å². The number of pyridine rings is 1. The van der Waals surface area contributed by atoms with Crippen LogP contribution in [0.4, 0.5) is 0 Å². The first-order chi connectivity index (χ1) is 11.5. The second-order valence-electron chi connectivity index (χ2n) is 6.17. The zero-order chi connectivity index (χ0) is 17.1. The molecule has 2 heterocycles. The van der Waals surface area contributed by atoms with Gasteiger partial charge in [-0.2, -0.15) is 0 Å². The van der Waals surface area contributed by atoms with E-state index in [0.717, 1.165) is 10.7 Å². The lowest BCUT2D eigenvalue weighted by molar-refractivity contribution is 0.408. The van der Waals surface area contributed by atoms with Crippen LogP contribution >= 0.6 is 11.6 Å². The number of hydrogen-bond donors (Lipinski definition) is 1. The van der Waals surface area contributed by atoms with E-state index < -0.39 is 0 Å². The van der Waals surface area contributed by atoms with Crippen molar-refractivity contribution in [3.63, 3.8) is 0 Å². The minimum atomic E-state index is -0.0648. The molecule has 0 fully saturated rings. The maximum Gasteiger partial charge on any atom is 0.258 e. The summed E-state index contributed by atoms with van der Waals surface area (Å²) in [7, 11) is 0. The van der Waals surface area contributed by atoms with Crippen molar-refractivity contribution in [2.45, 2.75) is 26.4 Å². The SMILES string of the molecule is CC(C)C(NCc1cc(=O)n2ccccc2n1)c1ccc(Cl)cc1. The first kappa shape index (κ1) is 16.7. The lowest BCUT2D eigenvalue weighted by Gasteiger charge is -2.23. The molecule has 0 radical (unpaired) electrons. The van der Waals surface area contributed by atoms with Gasteiger partial charge in [-0.05, 0) is 35.7 Å². The number of aromatic nitrogens is 2. The van der Waals surface area contributed by atoms with Crippen LogP contribution < -0.4 is 10.9 Å². The molecule has 124 valence electrons. The van der Waals surface area contributed by atoms with Crippen molar-refractivity contribution >= 4 is 17.2 Å². The molecule has 0 amide bonds. The highest BCUT2D eigenvalue weighted by molar-refractivity contribution is 6.30. The average molecular weight is 342 g/mol. The fraction of sp³-hybridized carbons (Fsp3) is 0.263. The molecule has 0 aliphatic heterocycles. The monoisotopic (exact) mass is 341 g/mol. The Morgan fingerprint density at radius 3 is 2.62 bits per heavy atom. The van der Waals surface area contributed by atoms with Crippen LogP contribution in [0.15, 0.2) is 59.5 Å². The van der Waals surface area contributed by atoms with E-state index in [0.29, 0.717) is 18.1 Å². The van der Waals surface area contributed by atoms with E-state index in [2.05, 4.69) is 24.1 Å². The van der Waals surface area contributed by atoms with Crippen molar-refractivity contribution in [1.82, 2.24) is 14.7 Å². The smallest absolute Gasteiger partial charge is 0.258 e. The number of nitrogens with zero attached hydrogens (tertiary/aromatic N) is 2. The Kier molecular flexibility index (Phi) is 4.97. The number of nitrogens with one attached hydrogen (secondary N) is 1. The highest BCUT2D eigenvalue weighted by Crippen LogP contribution is 2.23. The van der Waals surface area contributed by atoms with Gasteiger partial charge < -0.3 is 5.32 Å². The summed E-state index contributed by atoms with van der Waals surface area (Å²) < 4.78 is 1.54. The van der Waals surface area contributed by atoms with Crippen LogP contribution in [0.1, 0.15) is 31.1 Å². The Morgan fingerprint density at radius 1 is 1.17 bits per heavy atom. The third-order valence-corrected chi connectivity index (χ3v) is 4.27. The lowest BCUT2D eigenvalue weighted by atomic mass is 9.96. The van der Waals surface area contributed by atoms with E-state index in [1.165, 1.54) is 5.56 Å². The molecular weight excluding hydrogens is 322 g/mol. The Bertz CT molecular complexity index is 887. The molecule has 0 spiro atoms. The predicted octanol–water partition coefficient (Wildman–Crippen LogP) is 3.83. The summed E-state index contributed by atoms with van der Waals surface area (Å²) in [5.74, 6) is 0.396. The molecule has 4 nitrogen and oxygen atoms in total. The average Bonchev–Trinajstić information content (AvgIpc) is 2.56. The molecule has 0 aliphatic carbocycles. The van der Waals surface area contributed by atoms with E-state index in [1.807, 2.05) is 42.5 Å². The standard InChI is InChI=1S/C19H20ClN3O/c1-13(2)19(14-6-8-15(20)9-7-14)21-12-16-11-18(24)23-10-4-3-5-17(23)22-16/h3-11,13,19,21H,12H2,1-2H3. The molecule has 5 heteroatoms. The van der Waals surface area contributed by atoms with Crippen LogP contribution in [0.3, 0.4) is 0 Å². The molecule has 0 bridgehead atoms. The Morgan fingerprint density at radius 2 is 1.92 bits per heavy atom. The summed E-state index contributed by atoms with van der Waals surface area (Å²) >= 11 is 5.97. The molecule has 3 aromatic rings. The second kappa shape index (κ2) is 7.16. The maximum absolute atomic E-state index is 12.2. The van der Waals surface area contributed by atoms with Gasteiger partial charge in [-0.25, -0.2) is 4.98 Å². The highest BCUT2D eigenvalue weighted by atomic mass is 35.5. The number of hydrogen-bond acceptors (Lipinski definition) is 3. The second-order valence-corrected chi connectivity index (χ2v) is 6.61. The Hall–Kier alpha value is -2.17. The summed E-state index contributed by atoms with van der Waals surface area (Å²) in [5, 5.41) is 4.24. The van der Waals surface area contributed by atoms with Crippen LogP contribution in [-0.4, -0.2) is 9.38 Å². The van der Waals surface area contributed by atoms with Crippen LogP contribution in [0.2, 0.25) is 5.02 Å². The first-order valence-corrected chi connectivity index (χ1v) is 8.38. The number of halogens is 1. The van der Waals surface area contributed by atoms with Gasteiger partial charge >= 0.3 is 0 Å². The molecule has 1 N–H and O–H groups in total. The minimum absolute atomic E-state index is 0.0648. The van der Waals surface area contributed by atoms with Gasteiger partial charge in [0.2, 0.25) is 0 Å². The number of rotatable bonds is 5. The molecule has 24 heavy (non-hydrogen) atoms. The molecule has 3 rings (SSSR count). The van der Waals surface area contributed by atoms with Gasteiger partial charge in [0.25, 0.3) is 5.56 Å². The molecule has 0 saturated carbocycles. The number of fused-ring (bicyclic) bond motifs is 1. The van der Waals surface area contributed by atoms with Crippen LogP contribution in [-0.2, 0) is 6.54 Å². The van der Waals surface area contributed by atoms with Crippen molar-refractivity contribution in [2.75, 3.05) is 0 Å². The molecule has 0 saturated heterocycles. The summed E-state index contributed by atoms with van der Waals surface area (Å²) in [6, 6.07) is 15.1. The van der Waals surface area contributed by atoms with Gasteiger partial charge in [0.05, 0.1) is 5.69 Å². The molecule has 1 aromatic carbocycles. The van der Waals surface area contributed by atoms with E-state index >= 15 is 0 Å². The third-order valence-electron chi connectivity index (χ3n) is 4.02. The Balaban J connectivity index is 1.82. The third kappa shape index (κ3) is 3.66. The molecule has 1 unspecified atom stereocenters. The van der Waals surface area contributed by atoms with Crippen molar-refractivity contribution < 1.29 is 0 Å². The van der Waals surface area contributed by atoms with Crippen molar-refractivity contribution in [3.05, 3.63) is 81.4 Å². The first-order valence-electron chi connectivity index (χ1n) is 8.01. The molecular formula is C19H20ClN3O. The van der Waals surface area contributed by atoms with Crippen LogP contribution in [0.25, 0.3) is 5.65 Å². The minimum Gasteiger partial charge on any atom is -0.304 e. The summed E-state index contributed by atoms with van der Waals surface area (Å²) in [5.41, 5.74) is 2.51. The van der Waals surface area contributed by atoms with Crippen molar-refractivity contribution in [3.8, 4) is 0 Å². The maximum atomic E-state index is 12.2. The van der Waals surface area contributed by atoms with Gasteiger partial charge in [0, 0.05) is 29.9 Å². The van der Waals surface area contributed by atoms with Gasteiger partial charge in [-0.3, -0.25) is 9.20 Å². The zero-order valence-corrected chi connectivity index (χ0v) is 14.5. The Labute approximate surface area is 146 Å². The van der Waals surface area contributed by atoms with Crippen molar-refractivity contribution in [1.29, 1.82) is 0 Å². The molecule has 2 aromatic heterocycles. The van der Waals surface area contributed by atoms with E-state index in [-0.39, 0.29) is 11.6 Å². The topological polar surface area (TPSA) is 46.4 Å².